The van der Waals surface area contributed by atoms with Crippen molar-refractivity contribution in [3.63, 3.8) is 0 Å². The number of benzene rings is 2. The molecule has 0 aliphatic rings. The van der Waals surface area contributed by atoms with Crippen molar-refractivity contribution < 1.29 is 9.53 Å². The van der Waals surface area contributed by atoms with Crippen molar-refractivity contribution in [2.45, 2.75) is 0 Å². The highest BCUT2D eigenvalue weighted by Gasteiger charge is 2.14. The van der Waals surface area contributed by atoms with Gasteiger partial charge in [0, 0.05) is 18.0 Å². The summed E-state index contributed by atoms with van der Waals surface area (Å²) in [5, 5.41) is 1.04. The summed E-state index contributed by atoms with van der Waals surface area (Å²) < 4.78 is 6.81. The van der Waals surface area contributed by atoms with Crippen LogP contribution in [-0.4, -0.2) is 20.6 Å². The molecule has 0 aliphatic carbocycles. The first-order chi connectivity index (χ1) is 12.9. The van der Waals surface area contributed by atoms with E-state index >= 15 is 0 Å². The number of carbonyl (C=O) groups is 1. The predicted molar refractivity (Wildman–Crippen MR) is 106 cm³/mol. The molecule has 0 saturated heterocycles. The molecule has 1 amide bonds. The van der Waals surface area contributed by atoms with E-state index in [0.717, 1.165) is 5.56 Å². The van der Waals surface area contributed by atoms with Crippen molar-refractivity contribution in [3.05, 3.63) is 63.9 Å². The van der Waals surface area contributed by atoms with Crippen molar-refractivity contribution in [1.82, 2.24) is 14.5 Å². The van der Waals surface area contributed by atoms with Gasteiger partial charge in [0.2, 0.25) is 0 Å². The number of fused-ring (bicyclic) bond motifs is 1. The third-order valence-corrected chi connectivity index (χ3v) is 5.23. The first kappa shape index (κ1) is 17.7. The Labute approximate surface area is 168 Å². The lowest BCUT2D eigenvalue weighted by Crippen LogP contribution is -2.16. The van der Waals surface area contributed by atoms with E-state index in [-0.39, 0.29) is 5.75 Å². The van der Waals surface area contributed by atoms with E-state index in [1.165, 1.54) is 0 Å². The topological polar surface area (TPSA) is 85.9 Å². The van der Waals surface area contributed by atoms with Gasteiger partial charge in [-0.1, -0.05) is 40.9 Å². The summed E-state index contributed by atoms with van der Waals surface area (Å²) in [6.45, 7) is 0. The number of ether oxygens (including phenoxy) is 1. The average Bonchev–Trinajstić information content (AvgIpc) is 3.26. The van der Waals surface area contributed by atoms with Crippen LogP contribution in [-0.2, 0) is 0 Å². The average molecular weight is 422 g/mol. The number of primary amides is 1. The van der Waals surface area contributed by atoms with Crippen LogP contribution in [0.15, 0.2) is 48.8 Å². The highest BCUT2D eigenvalue weighted by Crippen LogP contribution is 2.35. The Morgan fingerprint density at radius 3 is 2.70 bits per heavy atom. The first-order valence-electron chi connectivity index (χ1n) is 7.72. The number of para-hydroxylation sites is 1. The minimum absolute atomic E-state index is 0.287. The Hall–Kier alpha value is -2.67. The zero-order chi connectivity index (χ0) is 19.1. The molecule has 2 heterocycles. The molecule has 27 heavy (non-hydrogen) atoms. The Kier molecular flexibility index (Phi) is 4.47. The van der Waals surface area contributed by atoms with Gasteiger partial charge in [-0.25, -0.2) is 9.78 Å². The molecule has 3 N–H and O–H groups in total. The highest BCUT2D eigenvalue weighted by atomic mass is 35.5. The molecule has 4 aromatic rings. The number of hydrogen-bond acceptors (Lipinski definition) is 3. The molecule has 0 radical (unpaired) electrons. The molecule has 0 atom stereocenters. The van der Waals surface area contributed by atoms with E-state index in [4.69, 9.17) is 45.3 Å². The quantitative estimate of drug-likeness (QED) is 0.432. The largest absolute Gasteiger partial charge is 0.410 e. The van der Waals surface area contributed by atoms with Crippen LogP contribution in [0.1, 0.15) is 0 Å². The van der Waals surface area contributed by atoms with Gasteiger partial charge in [0.1, 0.15) is 11.3 Å². The van der Waals surface area contributed by atoms with Crippen molar-refractivity contribution in [2.24, 2.45) is 5.73 Å². The lowest BCUT2D eigenvalue weighted by atomic mass is 10.3. The molecule has 6 nitrogen and oxygen atoms in total. The fourth-order valence-corrected chi connectivity index (χ4v) is 3.36. The monoisotopic (exact) mass is 420 g/mol. The molecule has 0 unspecified atom stereocenters. The Balaban J connectivity index is 1.76. The van der Waals surface area contributed by atoms with E-state index in [1.807, 2.05) is 29.1 Å². The van der Waals surface area contributed by atoms with Gasteiger partial charge in [0.15, 0.2) is 5.75 Å². The number of nitrogens with two attached hydrogens (primary N) is 1. The maximum Gasteiger partial charge on any atom is 0.410 e. The smallest absolute Gasteiger partial charge is 0.408 e. The van der Waals surface area contributed by atoms with Crippen molar-refractivity contribution >= 4 is 51.9 Å². The molecule has 0 spiro atoms. The number of rotatable bonds is 3. The zero-order valence-corrected chi connectivity index (χ0v) is 15.8. The maximum absolute atomic E-state index is 11.1. The molecule has 0 aliphatic heterocycles. The number of aromatic amines is 1. The van der Waals surface area contributed by atoms with Crippen LogP contribution in [0.25, 0.3) is 28.1 Å². The number of hydrogen-bond donors (Lipinski definition) is 2. The normalized spacial score (nSPS) is 11.1. The molecule has 0 saturated carbocycles. The summed E-state index contributed by atoms with van der Waals surface area (Å²) in [6.07, 6.45) is 2.78. The van der Waals surface area contributed by atoms with E-state index in [2.05, 4.69) is 9.97 Å². The van der Waals surface area contributed by atoms with Gasteiger partial charge in [0.25, 0.3) is 0 Å². The number of H-pyrrole nitrogens is 1. The fraction of sp³-hybridized carbons (Fsp3) is 0. The van der Waals surface area contributed by atoms with Crippen LogP contribution in [0.4, 0.5) is 4.79 Å². The lowest BCUT2D eigenvalue weighted by molar-refractivity contribution is 0.211. The molecule has 9 heteroatoms. The molecule has 2 aromatic heterocycles. The van der Waals surface area contributed by atoms with Crippen LogP contribution in [0.5, 0.6) is 5.75 Å². The Morgan fingerprint density at radius 2 is 1.93 bits per heavy atom. The van der Waals surface area contributed by atoms with Crippen molar-refractivity contribution in [2.75, 3.05) is 0 Å². The Bertz CT molecular complexity index is 1180. The van der Waals surface area contributed by atoms with Crippen LogP contribution >= 0.6 is 34.8 Å². The van der Waals surface area contributed by atoms with Crippen molar-refractivity contribution in [1.29, 1.82) is 0 Å². The minimum atomic E-state index is -0.896. The second kappa shape index (κ2) is 6.81. The van der Waals surface area contributed by atoms with Crippen LogP contribution in [0.3, 0.4) is 0 Å². The van der Waals surface area contributed by atoms with Gasteiger partial charge in [0.05, 0.1) is 26.3 Å². The van der Waals surface area contributed by atoms with Gasteiger partial charge in [-0.2, -0.15) is 0 Å². The SMILES string of the molecule is NC(=O)Oc1cccc2[nH]c(-c3ccn(-c4ccc(Cl)c(Cl)c4Cl)c3)nc12. The maximum atomic E-state index is 11.1. The number of carbonyl (C=O) groups excluding carboxylic acids is 1. The van der Waals surface area contributed by atoms with Gasteiger partial charge >= 0.3 is 6.09 Å². The molecule has 0 bridgehead atoms. The summed E-state index contributed by atoms with van der Waals surface area (Å²) in [7, 11) is 0. The summed E-state index contributed by atoms with van der Waals surface area (Å²) in [4.78, 5) is 18.8. The Morgan fingerprint density at radius 1 is 1.11 bits per heavy atom. The van der Waals surface area contributed by atoms with E-state index < -0.39 is 6.09 Å². The zero-order valence-electron chi connectivity index (χ0n) is 13.5. The van der Waals surface area contributed by atoms with Gasteiger partial charge in [-0.15, -0.1) is 0 Å². The summed E-state index contributed by atoms with van der Waals surface area (Å²) in [6, 6.07) is 10.5. The lowest BCUT2D eigenvalue weighted by Gasteiger charge is -2.08. The molecular formula is C18H11Cl3N4O2. The second-order valence-electron chi connectivity index (χ2n) is 5.66. The minimum Gasteiger partial charge on any atom is -0.408 e. The number of halogens is 3. The molecule has 136 valence electrons. The highest BCUT2D eigenvalue weighted by molar-refractivity contribution is 6.48. The van der Waals surface area contributed by atoms with E-state index in [0.29, 0.717) is 37.6 Å². The molecule has 4 rings (SSSR count). The standard InChI is InChI=1S/C18H11Cl3N4O2/c19-10-4-5-12(15(21)14(10)20)25-7-6-9(8-25)17-23-11-2-1-3-13(16(11)24-17)27-18(22)26/h1-8H,(H2,22,26)(H,23,24). The van der Waals surface area contributed by atoms with Gasteiger partial charge < -0.3 is 20.0 Å². The van der Waals surface area contributed by atoms with Crippen molar-refractivity contribution in [3.8, 4) is 22.8 Å². The van der Waals surface area contributed by atoms with Gasteiger partial charge in [-0.05, 0) is 30.3 Å². The van der Waals surface area contributed by atoms with Crippen LogP contribution in [0.2, 0.25) is 15.1 Å². The molecular weight excluding hydrogens is 411 g/mol. The summed E-state index contributed by atoms with van der Waals surface area (Å²) >= 11 is 18.4. The molecule has 0 fully saturated rings. The predicted octanol–water partition coefficient (Wildman–Crippen LogP) is 5.44. The summed E-state index contributed by atoms with van der Waals surface area (Å²) in [5.74, 6) is 0.884. The number of amides is 1. The first-order valence-corrected chi connectivity index (χ1v) is 8.85. The summed E-state index contributed by atoms with van der Waals surface area (Å²) in [5.41, 5.74) is 7.81. The van der Waals surface area contributed by atoms with Gasteiger partial charge in [-0.3, -0.25) is 0 Å². The third-order valence-electron chi connectivity index (χ3n) is 3.95. The number of nitrogens with one attached hydrogen (secondary N) is 1. The fourth-order valence-electron chi connectivity index (χ4n) is 2.73. The van der Waals surface area contributed by atoms with Crippen LogP contribution < -0.4 is 10.5 Å². The number of imidazole rings is 1. The second-order valence-corrected chi connectivity index (χ2v) is 6.82. The molecule has 2 aromatic carbocycles. The van der Waals surface area contributed by atoms with E-state index in [1.54, 1.807) is 24.3 Å². The number of aromatic nitrogens is 3. The third kappa shape index (κ3) is 3.23. The number of nitrogens with zero attached hydrogens (tertiary/aromatic N) is 2. The van der Waals surface area contributed by atoms with Crippen LogP contribution in [0, 0.1) is 0 Å². The van der Waals surface area contributed by atoms with E-state index in [9.17, 15) is 4.79 Å².